The number of hydrogen-bond acceptors (Lipinski definition) is 4. The van der Waals surface area contributed by atoms with Crippen molar-refractivity contribution in [3.05, 3.63) is 21.9 Å². The van der Waals surface area contributed by atoms with Crippen LogP contribution in [0.3, 0.4) is 0 Å². The molecule has 0 spiro atoms. The summed E-state index contributed by atoms with van der Waals surface area (Å²) in [6, 6.07) is 3.97. The third kappa shape index (κ3) is 4.77. The Morgan fingerprint density at radius 1 is 1.40 bits per heavy atom. The maximum absolute atomic E-state index is 10.9. The number of thiophene rings is 1. The standard InChI is InChI=1S/C10H16O3S2/c1-3-9-4-5-10(14-9)6-8(11)7-15(2,12)13/h4-5,8,11H,3,6-7H2,1-2H3. The topological polar surface area (TPSA) is 54.4 Å². The molecule has 5 heteroatoms. The number of aryl methyl sites for hydroxylation is 1. The number of hydrogen-bond donors (Lipinski definition) is 1. The Morgan fingerprint density at radius 3 is 2.47 bits per heavy atom. The van der Waals surface area contributed by atoms with Gasteiger partial charge in [-0.1, -0.05) is 6.92 Å². The predicted octanol–water partition coefficient (Wildman–Crippen LogP) is 1.26. The highest BCUT2D eigenvalue weighted by atomic mass is 32.2. The van der Waals surface area contributed by atoms with Gasteiger partial charge >= 0.3 is 0 Å². The molecule has 0 amide bonds. The summed E-state index contributed by atoms with van der Waals surface area (Å²) in [6.45, 7) is 2.07. The molecule has 0 saturated heterocycles. The molecule has 1 atom stereocenters. The van der Waals surface area contributed by atoms with E-state index in [0.29, 0.717) is 6.42 Å². The van der Waals surface area contributed by atoms with E-state index >= 15 is 0 Å². The first-order valence-electron chi connectivity index (χ1n) is 4.84. The molecule has 1 aromatic rings. The minimum atomic E-state index is -3.09. The van der Waals surface area contributed by atoms with Gasteiger partial charge in [-0.05, 0) is 18.6 Å². The molecule has 1 unspecified atom stereocenters. The van der Waals surface area contributed by atoms with Crippen molar-refractivity contribution in [2.75, 3.05) is 12.0 Å². The van der Waals surface area contributed by atoms with Crippen LogP contribution in [0.2, 0.25) is 0 Å². The van der Waals surface area contributed by atoms with Crippen LogP contribution in [0.4, 0.5) is 0 Å². The summed E-state index contributed by atoms with van der Waals surface area (Å²) in [5.41, 5.74) is 0. The van der Waals surface area contributed by atoms with E-state index in [2.05, 4.69) is 6.92 Å². The Balaban J connectivity index is 2.54. The van der Waals surface area contributed by atoms with E-state index < -0.39 is 15.9 Å². The number of rotatable bonds is 5. The van der Waals surface area contributed by atoms with Gasteiger partial charge in [0.15, 0.2) is 0 Å². The molecule has 0 fully saturated rings. The average molecular weight is 248 g/mol. The molecule has 0 aliphatic rings. The largest absolute Gasteiger partial charge is 0.392 e. The number of aliphatic hydroxyl groups is 1. The van der Waals surface area contributed by atoms with Gasteiger partial charge in [-0.15, -0.1) is 11.3 Å². The van der Waals surface area contributed by atoms with Gasteiger partial charge < -0.3 is 5.11 Å². The normalized spacial score (nSPS) is 14.1. The van der Waals surface area contributed by atoms with Crippen LogP contribution in [0.1, 0.15) is 16.7 Å². The summed E-state index contributed by atoms with van der Waals surface area (Å²) in [5, 5.41) is 9.55. The molecule has 0 aliphatic heterocycles. The van der Waals surface area contributed by atoms with Gasteiger partial charge in [-0.25, -0.2) is 8.42 Å². The molecule has 86 valence electrons. The number of aliphatic hydroxyl groups excluding tert-OH is 1. The van der Waals surface area contributed by atoms with Crippen LogP contribution in [-0.2, 0) is 22.7 Å². The summed E-state index contributed by atoms with van der Waals surface area (Å²) in [5.74, 6) is -0.160. The van der Waals surface area contributed by atoms with E-state index in [1.807, 2.05) is 12.1 Å². The lowest BCUT2D eigenvalue weighted by Crippen LogP contribution is -2.21. The maximum Gasteiger partial charge on any atom is 0.150 e. The van der Waals surface area contributed by atoms with Crippen LogP contribution < -0.4 is 0 Å². The monoisotopic (exact) mass is 248 g/mol. The molecular formula is C10H16O3S2. The predicted molar refractivity (Wildman–Crippen MR) is 63.1 cm³/mol. The van der Waals surface area contributed by atoms with Crippen molar-refractivity contribution in [1.82, 2.24) is 0 Å². The fourth-order valence-corrected chi connectivity index (χ4v) is 3.21. The van der Waals surface area contributed by atoms with E-state index in [1.54, 1.807) is 11.3 Å². The molecule has 0 bridgehead atoms. The van der Waals surface area contributed by atoms with Crippen molar-refractivity contribution in [3.8, 4) is 0 Å². The molecule has 0 aliphatic carbocycles. The molecule has 1 heterocycles. The minimum absolute atomic E-state index is 0.160. The van der Waals surface area contributed by atoms with Crippen LogP contribution in [0, 0.1) is 0 Å². The Bertz CT molecular complexity index is 406. The Morgan fingerprint density at radius 2 is 2.00 bits per heavy atom. The quantitative estimate of drug-likeness (QED) is 0.853. The fourth-order valence-electron chi connectivity index (χ4n) is 1.36. The Hall–Kier alpha value is -0.390. The summed E-state index contributed by atoms with van der Waals surface area (Å²) in [6.07, 6.45) is 1.76. The first-order chi connectivity index (χ1) is 6.90. The first-order valence-corrected chi connectivity index (χ1v) is 7.72. The first kappa shape index (κ1) is 12.7. The van der Waals surface area contributed by atoms with Crippen molar-refractivity contribution in [2.24, 2.45) is 0 Å². The van der Waals surface area contributed by atoms with E-state index in [9.17, 15) is 13.5 Å². The molecule has 1 aromatic heterocycles. The summed E-state index contributed by atoms with van der Waals surface area (Å²) in [7, 11) is -3.09. The molecule has 0 radical (unpaired) electrons. The van der Waals surface area contributed by atoms with Crippen molar-refractivity contribution >= 4 is 21.2 Å². The van der Waals surface area contributed by atoms with Crippen molar-refractivity contribution in [3.63, 3.8) is 0 Å². The maximum atomic E-state index is 10.9. The summed E-state index contributed by atoms with van der Waals surface area (Å²) in [4.78, 5) is 2.31. The summed E-state index contributed by atoms with van der Waals surface area (Å²) < 4.78 is 21.9. The third-order valence-electron chi connectivity index (χ3n) is 2.00. The van der Waals surface area contributed by atoms with Gasteiger partial charge in [0.2, 0.25) is 0 Å². The third-order valence-corrected chi connectivity index (χ3v) is 4.24. The lowest BCUT2D eigenvalue weighted by atomic mass is 10.2. The fraction of sp³-hybridized carbons (Fsp3) is 0.600. The second-order valence-electron chi connectivity index (χ2n) is 3.67. The van der Waals surface area contributed by atoms with Crippen LogP contribution in [0.25, 0.3) is 0 Å². The average Bonchev–Trinajstić information content (AvgIpc) is 2.48. The lowest BCUT2D eigenvalue weighted by Gasteiger charge is -2.06. The van der Waals surface area contributed by atoms with Crippen LogP contribution in [-0.4, -0.2) is 31.6 Å². The zero-order valence-corrected chi connectivity index (χ0v) is 10.6. The highest BCUT2D eigenvalue weighted by Crippen LogP contribution is 2.18. The lowest BCUT2D eigenvalue weighted by molar-refractivity contribution is 0.199. The minimum Gasteiger partial charge on any atom is -0.392 e. The molecule has 15 heavy (non-hydrogen) atoms. The van der Waals surface area contributed by atoms with Crippen molar-refractivity contribution in [1.29, 1.82) is 0 Å². The smallest absolute Gasteiger partial charge is 0.150 e. The van der Waals surface area contributed by atoms with Gasteiger partial charge in [-0.2, -0.15) is 0 Å². The van der Waals surface area contributed by atoms with Gasteiger partial charge in [0, 0.05) is 22.4 Å². The zero-order chi connectivity index (χ0) is 11.5. The van der Waals surface area contributed by atoms with E-state index in [-0.39, 0.29) is 5.75 Å². The highest BCUT2D eigenvalue weighted by molar-refractivity contribution is 7.90. The van der Waals surface area contributed by atoms with E-state index in [1.165, 1.54) is 4.88 Å². The molecule has 0 saturated carbocycles. The number of sulfone groups is 1. The van der Waals surface area contributed by atoms with Crippen molar-refractivity contribution in [2.45, 2.75) is 25.9 Å². The Labute approximate surface area is 94.7 Å². The molecule has 0 aromatic carbocycles. The van der Waals surface area contributed by atoms with Crippen LogP contribution in [0.15, 0.2) is 12.1 Å². The van der Waals surface area contributed by atoms with Crippen LogP contribution >= 0.6 is 11.3 Å². The summed E-state index contributed by atoms with van der Waals surface area (Å²) >= 11 is 1.63. The van der Waals surface area contributed by atoms with Crippen LogP contribution in [0.5, 0.6) is 0 Å². The molecular weight excluding hydrogens is 232 g/mol. The van der Waals surface area contributed by atoms with E-state index in [0.717, 1.165) is 17.6 Å². The second-order valence-corrected chi connectivity index (χ2v) is 7.11. The Kier molecular flexibility index (Phi) is 4.31. The van der Waals surface area contributed by atoms with Gasteiger partial charge in [0.25, 0.3) is 0 Å². The SMILES string of the molecule is CCc1ccc(CC(O)CS(C)(=O)=O)s1. The van der Waals surface area contributed by atoms with Gasteiger partial charge in [-0.3, -0.25) is 0 Å². The molecule has 1 rings (SSSR count). The van der Waals surface area contributed by atoms with Gasteiger partial charge in [0.05, 0.1) is 11.9 Å². The van der Waals surface area contributed by atoms with Gasteiger partial charge in [0.1, 0.15) is 9.84 Å². The van der Waals surface area contributed by atoms with E-state index in [4.69, 9.17) is 0 Å². The zero-order valence-electron chi connectivity index (χ0n) is 8.93. The molecule has 3 nitrogen and oxygen atoms in total. The highest BCUT2D eigenvalue weighted by Gasteiger charge is 2.13. The van der Waals surface area contributed by atoms with Crippen molar-refractivity contribution < 1.29 is 13.5 Å². The second kappa shape index (κ2) is 5.09. The molecule has 1 N–H and O–H groups in total.